The van der Waals surface area contributed by atoms with Gasteiger partial charge in [-0.3, -0.25) is 9.59 Å². The molecular formula is C23H26F3N7O2. The van der Waals surface area contributed by atoms with Gasteiger partial charge in [0.1, 0.15) is 17.5 Å². The minimum atomic E-state index is -4.73. The van der Waals surface area contributed by atoms with Crippen LogP contribution in [0.2, 0.25) is 0 Å². The topological polar surface area (TPSA) is 109 Å². The Morgan fingerprint density at radius 3 is 2.63 bits per heavy atom. The number of nitrogens with one attached hydrogen (secondary N) is 1. The maximum absolute atomic E-state index is 13.1. The smallest absolute Gasteiger partial charge is 0.353 e. The zero-order chi connectivity index (χ0) is 25.0. The van der Waals surface area contributed by atoms with Crippen molar-refractivity contribution in [2.45, 2.75) is 31.4 Å². The lowest BCUT2D eigenvalue weighted by molar-refractivity contribution is -0.139. The molecule has 0 aromatic carbocycles. The number of hydrogen-bond acceptors (Lipinski definition) is 7. The lowest BCUT2D eigenvalue weighted by Gasteiger charge is -2.36. The molecule has 12 heteroatoms. The second-order valence-corrected chi connectivity index (χ2v) is 8.81. The van der Waals surface area contributed by atoms with E-state index in [1.165, 1.54) is 6.20 Å². The van der Waals surface area contributed by atoms with Gasteiger partial charge in [0, 0.05) is 57.8 Å². The highest BCUT2D eigenvalue weighted by atomic mass is 19.4. The monoisotopic (exact) mass is 489 g/mol. The average Bonchev–Trinajstić information content (AvgIpc) is 2.87. The summed E-state index contributed by atoms with van der Waals surface area (Å²) in [6.07, 6.45) is -1.42. The van der Waals surface area contributed by atoms with E-state index < -0.39 is 17.3 Å². The Balaban J connectivity index is 1.27. The molecule has 0 bridgehead atoms. The molecule has 35 heavy (non-hydrogen) atoms. The van der Waals surface area contributed by atoms with Crippen molar-refractivity contribution in [2.24, 2.45) is 0 Å². The third kappa shape index (κ3) is 5.97. The molecule has 1 atom stereocenters. The van der Waals surface area contributed by atoms with E-state index in [-0.39, 0.29) is 17.5 Å². The number of H-pyrrole nitrogens is 1. The Bertz CT molecular complexity index is 1140. The number of piperazine rings is 1. The molecule has 1 N–H and O–H groups in total. The molecule has 2 fully saturated rings. The first-order chi connectivity index (χ1) is 16.7. The van der Waals surface area contributed by atoms with Gasteiger partial charge in [-0.05, 0) is 37.6 Å². The quantitative estimate of drug-likeness (QED) is 0.684. The van der Waals surface area contributed by atoms with Gasteiger partial charge in [-0.15, -0.1) is 0 Å². The second kappa shape index (κ2) is 10.4. The summed E-state index contributed by atoms with van der Waals surface area (Å²) >= 11 is 0. The van der Waals surface area contributed by atoms with Crippen LogP contribution < -0.4 is 10.5 Å². The first kappa shape index (κ1) is 24.7. The molecule has 2 aromatic heterocycles. The Morgan fingerprint density at radius 2 is 1.97 bits per heavy atom. The number of aromatic nitrogens is 3. The molecule has 0 spiro atoms. The van der Waals surface area contributed by atoms with Crippen LogP contribution in [0.3, 0.4) is 0 Å². The second-order valence-electron chi connectivity index (χ2n) is 8.81. The zero-order valence-corrected chi connectivity index (χ0v) is 19.1. The predicted octanol–water partition coefficient (Wildman–Crippen LogP) is 1.97. The molecule has 0 radical (unpaired) electrons. The first-order valence-electron chi connectivity index (χ1n) is 11.5. The summed E-state index contributed by atoms with van der Waals surface area (Å²) in [5.41, 5.74) is -1.75. The zero-order valence-electron chi connectivity index (χ0n) is 19.1. The van der Waals surface area contributed by atoms with Crippen molar-refractivity contribution in [3.05, 3.63) is 51.6 Å². The molecule has 4 heterocycles. The number of carbonyl (C=O) groups is 1. The fraction of sp³-hybridized carbons (Fsp3) is 0.522. The van der Waals surface area contributed by atoms with Gasteiger partial charge in [-0.2, -0.15) is 23.5 Å². The maximum Gasteiger partial charge on any atom is 0.421 e. The molecule has 1 unspecified atom stereocenters. The average molecular weight is 490 g/mol. The van der Waals surface area contributed by atoms with Gasteiger partial charge < -0.3 is 14.7 Å². The summed E-state index contributed by atoms with van der Waals surface area (Å²) in [5.74, 6) is 0.585. The van der Waals surface area contributed by atoms with Crippen molar-refractivity contribution >= 4 is 11.7 Å². The standard InChI is InChI=1S/C23H26F3N7O2/c24-23(25,26)18-12-19(29-30-22(18)35)17-2-1-6-31(15-17)7-5-21(34)33-10-8-32(9-11-33)20-4-3-16(13-27)14-28-20/h3-4,12,14,17H,1-2,5-11,15H2,(H,30,35). The van der Waals surface area contributed by atoms with Crippen LogP contribution >= 0.6 is 0 Å². The van der Waals surface area contributed by atoms with Crippen LogP contribution in [-0.2, 0) is 11.0 Å². The Hall–Kier alpha value is -3.46. The number of piperidine rings is 1. The van der Waals surface area contributed by atoms with Crippen LogP contribution in [0.4, 0.5) is 19.0 Å². The highest BCUT2D eigenvalue weighted by molar-refractivity contribution is 5.76. The number of carbonyl (C=O) groups excluding carboxylic acids is 1. The summed E-state index contributed by atoms with van der Waals surface area (Å²) in [5, 5.41) is 14.7. The van der Waals surface area contributed by atoms with E-state index in [2.05, 4.69) is 19.9 Å². The predicted molar refractivity (Wildman–Crippen MR) is 121 cm³/mol. The van der Waals surface area contributed by atoms with Gasteiger partial charge in [-0.1, -0.05) is 0 Å². The Kier molecular flexibility index (Phi) is 7.35. The van der Waals surface area contributed by atoms with Crippen molar-refractivity contribution in [3.8, 4) is 6.07 Å². The lowest BCUT2D eigenvalue weighted by atomic mass is 9.93. The van der Waals surface area contributed by atoms with Crippen LogP contribution in [-0.4, -0.2) is 76.7 Å². The SMILES string of the molecule is N#Cc1ccc(N2CCN(C(=O)CCN3CCCC(c4cc(C(F)(F)F)c(=O)[nH]n4)C3)CC2)nc1. The van der Waals surface area contributed by atoms with Gasteiger partial charge in [0.25, 0.3) is 5.56 Å². The summed E-state index contributed by atoms with van der Waals surface area (Å²) in [4.78, 5) is 34.5. The molecule has 2 aliphatic heterocycles. The molecule has 1 amide bonds. The minimum Gasteiger partial charge on any atom is -0.353 e. The van der Waals surface area contributed by atoms with Crippen molar-refractivity contribution < 1.29 is 18.0 Å². The fourth-order valence-electron chi connectivity index (χ4n) is 4.58. The van der Waals surface area contributed by atoms with Gasteiger partial charge in [0.2, 0.25) is 5.91 Å². The van der Waals surface area contributed by atoms with Crippen molar-refractivity contribution in [3.63, 3.8) is 0 Å². The number of pyridine rings is 1. The number of alkyl halides is 3. The summed E-state index contributed by atoms with van der Waals surface area (Å²) in [6, 6.07) is 6.41. The number of hydrogen-bond donors (Lipinski definition) is 1. The molecule has 0 saturated carbocycles. The van der Waals surface area contributed by atoms with Gasteiger partial charge >= 0.3 is 6.18 Å². The van der Waals surface area contributed by atoms with E-state index in [0.29, 0.717) is 57.7 Å². The summed E-state index contributed by atoms with van der Waals surface area (Å²) in [6.45, 7) is 4.21. The third-order valence-corrected chi connectivity index (χ3v) is 6.53. The van der Waals surface area contributed by atoms with Crippen LogP contribution in [0.1, 0.15) is 42.0 Å². The lowest BCUT2D eigenvalue weighted by Crippen LogP contribution is -2.49. The van der Waals surface area contributed by atoms with E-state index in [1.54, 1.807) is 12.1 Å². The highest BCUT2D eigenvalue weighted by Gasteiger charge is 2.35. The first-order valence-corrected chi connectivity index (χ1v) is 11.5. The number of anilines is 1. The Labute approximate surface area is 200 Å². The number of nitrogens with zero attached hydrogens (tertiary/aromatic N) is 6. The number of halogens is 3. The van der Waals surface area contributed by atoms with E-state index in [0.717, 1.165) is 24.8 Å². The van der Waals surface area contributed by atoms with Crippen LogP contribution in [0, 0.1) is 11.3 Å². The summed E-state index contributed by atoms with van der Waals surface area (Å²) < 4.78 is 39.3. The van der Waals surface area contributed by atoms with Crippen molar-refractivity contribution in [2.75, 3.05) is 50.7 Å². The number of rotatable bonds is 5. The highest BCUT2D eigenvalue weighted by Crippen LogP contribution is 2.30. The molecule has 186 valence electrons. The maximum atomic E-state index is 13.1. The number of likely N-dealkylation sites (tertiary alicyclic amines) is 1. The van der Waals surface area contributed by atoms with E-state index in [9.17, 15) is 22.8 Å². The minimum absolute atomic E-state index is 0.0427. The molecule has 2 saturated heterocycles. The van der Waals surface area contributed by atoms with Crippen molar-refractivity contribution in [1.29, 1.82) is 5.26 Å². The van der Waals surface area contributed by atoms with E-state index >= 15 is 0 Å². The fourth-order valence-corrected chi connectivity index (χ4v) is 4.58. The Morgan fingerprint density at radius 1 is 1.20 bits per heavy atom. The third-order valence-electron chi connectivity index (χ3n) is 6.53. The van der Waals surface area contributed by atoms with Gasteiger partial charge in [0.15, 0.2) is 0 Å². The normalized spacial score (nSPS) is 19.4. The van der Waals surface area contributed by atoms with Crippen LogP contribution in [0.25, 0.3) is 0 Å². The molecule has 9 nitrogen and oxygen atoms in total. The number of nitriles is 1. The molecule has 2 aromatic rings. The molecular weight excluding hydrogens is 463 g/mol. The number of amides is 1. The van der Waals surface area contributed by atoms with E-state index in [4.69, 9.17) is 5.26 Å². The van der Waals surface area contributed by atoms with Crippen LogP contribution in [0.15, 0.2) is 29.2 Å². The van der Waals surface area contributed by atoms with Crippen LogP contribution in [0.5, 0.6) is 0 Å². The van der Waals surface area contributed by atoms with Gasteiger partial charge in [0.05, 0.1) is 11.3 Å². The van der Waals surface area contributed by atoms with Crippen molar-refractivity contribution in [1.82, 2.24) is 25.0 Å². The molecule has 2 aliphatic rings. The summed E-state index contributed by atoms with van der Waals surface area (Å²) in [7, 11) is 0. The van der Waals surface area contributed by atoms with Gasteiger partial charge in [-0.25, -0.2) is 10.1 Å². The molecule has 0 aliphatic carbocycles. The van der Waals surface area contributed by atoms with E-state index in [1.807, 2.05) is 16.1 Å². The largest absolute Gasteiger partial charge is 0.421 e. The molecule has 4 rings (SSSR count). The number of aromatic amines is 1.